The summed E-state index contributed by atoms with van der Waals surface area (Å²) in [5.41, 5.74) is 6.33. The number of carbonyl (C=O) groups excluding carboxylic acids is 1. The van der Waals surface area contributed by atoms with E-state index in [0.717, 1.165) is 0 Å². The Labute approximate surface area is 175 Å². The summed E-state index contributed by atoms with van der Waals surface area (Å²) in [5.74, 6) is -3.53. The summed E-state index contributed by atoms with van der Waals surface area (Å²) in [7, 11) is 0. The van der Waals surface area contributed by atoms with Crippen LogP contribution in [0.1, 0.15) is 48.1 Å². The molecule has 1 amide bonds. The number of nitrogens with zero attached hydrogens (tertiary/aromatic N) is 2. The molecule has 0 unspecified atom stereocenters. The molecule has 3 aromatic rings. The first kappa shape index (κ1) is 20.4. The van der Waals surface area contributed by atoms with Gasteiger partial charge in [0.05, 0.1) is 27.3 Å². The Kier molecular flexibility index (Phi) is 4.65. The number of hydrogen-bond acceptors (Lipinski definition) is 4. The van der Waals surface area contributed by atoms with Gasteiger partial charge in [-0.3, -0.25) is 19.6 Å². The van der Waals surface area contributed by atoms with Crippen molar-refractivity contribution in [1.29, 1.82) is 0 Å². The van der Waals surface area contributed by atoms with Gasteiger partial charge in [0.25, 0.3) is 5.91 Å². The lowest BCUT2D eigenvalue weighted by Gasteiger charge is -2.25. The van der Waals surface area contributed by atoms with Crippen LogP contribution in [0.25, 0.3) is 22.2 Å². The molecule has 156 valence electrons. The molecule has 1 fully saturated rings. The number of aromatic amines is 1. The first-order valence-electron chi connectivity index (χ1n) is 9.38. The zero-order chi connectivity index (χ0) is 21.8. The van der Waals surface area contributed by atoms with Crippen LogP contribution in [0.5, 0.6) is 0 Å². The van der Waals surface area contributed by atoms with E-state index in [9.17, 15) is 18.4 Å². The van der Waals surface area contributed by atoms with Gasteiger partial charge in [0, 0.05) is 41.8 Å². The molecule has 0 spiro atoms. The van der Waals surface area contributed by atoms with Crippen LogP contribution in [0, 0.1) is 6.92 Å². The normalized spacial score (nSPS) is 20.6. The van der Waals surface area contributed by atoms with E-state index in [0.29, 0.717) is 34.6 Å². The predicted octanol–water partition coefficient (Wildman–Crippen LogP) is 4.12. The fourth-order valence-electron chi connectivity index (χ4n) is 4.22. The first-order valence-corrected chi connectivity index (χ1v) is 9.76. The summed E-state index contributed by atoms with van der Waals surface area (Å²) >= 11 is 6.47. The summed E-state index contributed by atoms with van der Waals surface area (Å²) in [6.45, 7) is 3.48. The summed E-state index contributed by atoms with van der Waals surface area (Å²) in [6.07, 6.45) is 1.17. The molecule has 1 atom stereocenters. The fourth-order valence-corrected chi connectivity index (χ4v) is 4.60. The van der Waals surface area contributed by atoms with Crippen LogP contribution in [0.3, 0.4) is 0 Å². The van der Waals surface area contributed by atoms with Crippen molar-refractivity contribution < 1.29 is 13.6 Å². The lowest BCUT2D eigenvalue weighted by atomic mass is 9.84. The van der Waals surface area contributed by atoms with E-state index in [1.54, 1.807) is 26.0 Å². The minimum Gasteiger partial charge on any atom is -0.364 e. The van der Waals surface area contributed by atoms with Gasteiger partial charge >= 0.3 is 0 Å². The Balaban J connectivity index is 1.84. The average Bonchev–Trinajstić information content (AvgIpc) is 2.96. The number of fused-ring (bicyclic) bond motifs is 1. The highest BCUT2D eigenvalue weighted by molar-refractivity contribution is 6.31. The number of aryl methyl sites for hydroxylation is 1. The van der Waals surface area contributed by atoms with Crippen LogP contribution in [0.2, 0.25) is 5.02 Å². The van der Waals surface area contributed by atoms with Gasteiger partial charge in [0.1, 0.15) is 5.69 Å². The second-order valence-corrected chi connectivity index (χ2v) is 8.45. The van der Waals surface area contributed by atoms with Gasteiger partial charge in [0.15, 0.2) is 5.43 Å². The Morgan fingerprint density at radius 1 is 1.30 bits per heavy atom. The molecule has 1 aliphatic rings. The van der Waals surface area contributed by atoms with E-state index in [2.05, 4.69) is 15.0 Å². The van der Waals surface area contributed by atoms with Crippen LogP contribution >= 0.6 is 11.6 Å². The van der Waals surface area contributed by atoms with Crippen LogP contribution in [0.15, 0.2) is 29.2 Å². The van der Waals surface area contributed by atoms with Gasteiger partial charge in [-0.05, 0) is 25.5 Å². The monoisotopic (exact) mass is 432 g/mol. The molecule has 1 saturated carbocycles. The van der Waals surface area contributed by atoms with Crippen LogP contribution in [0.4, 0.5) is 8.78 Å². The molecular formula is C21H19ClF2N4O2. The molecule has 3 aromatic heterocycles. The topological polar surface area (TPSA) is 102 Å². The zero-order valence-corrected chi connectivity index (χ0v) is 17.1. The van der Waals surface area contributed by atoms with Crippen molar-refractivity contribution in [2.45, 2.75) is 44.4 Å². The third-order valence-corrected chi connectivity index (χ3v) is 5.98. The second-order valence-electron chi connectivity index (χ2n) is 8.04. The molecule has 0 aliphatic heterocycles. The summed E-state index contributed by atoms with van der Waals surface area (Å²) in [4.78, 5) is 35.8. The number of carbonyl (C=O) groups is 1. The smallest absolute Gasteiger partial charge is 0.268 e. The average molecular weight is 433 g/mol. The van der Waals surface area contributed by atoms with Crippen molar-refractivity contribution in [2.75, 3.05) is 0 Å². The van der Waals surface area contributed by atoms with Crippen molar-refractivity contribution in [3.63, 3.8) is 0 Å². The maximum absolute atomic E-state index is 13.8. The van der Waals surface area contributed by atoms with E-state index in [1.165, 1.54) is 12.3 Å². The third kappa shape index (κ3) is 3.35. The fraction of sp³-hybridized carbons (Fsp3) is 0.333. The maximum Gasteiger partial charge on any atom is 0.268 e. The minimum absolute atomic E-state index is 0.0998. The van der Waals surface area contributed by atoms with Crippen LogP contribution in [-0.2, 0) is 5.41 Å². The Hall–Kier alpha value is -2.87. The molecule has 6 nitrogen and oxygen atoms in total. The number of alkyl halides is 2. The van der Waals surface area contributed by atoms with E-state index in [1.807, 2.05) is 0 Å². The number of nitrogens with one attached hydrogen (secondary N) is 1. The quantitative estimate of drug-likeness (QED) is 0.649. The van der Waals surface area contributed by atoms with Crippen molar-refractivity contribution >= 4 is 28.4 Å². The second kappa shape index (κ2) is 6.84. The van der Waals surface area contributed by atoms with Gasteiger partial charge < -0.3 is 10.7 Å². The van der Waals surface area contributed by atoms with Gasteiger partial charge in [-0.25, -0.2) is 8.78 Å². The molecule has 0 radical (unpaired) electrons. The van der Waals surface area contributed by atoms with Gasteiger partial charge in [-0.15, -0.1) is 0 Å². The lowest BCUT2D eigenvalue weighted by molar-refractivity contribution is 0.00334. The number of rotatable bonds is 3. The number of H-pyrrole nitrogens is 1. The third-order valence-electron chi connectivity index (χ3n) is 5.70. The van der Waals surface area contributed by atoms with E-state index in [-0.39, 0.29) is 28.9 Å². The molecule has 0 aromatic carbocycles. The van der Waals surface area contributed by atoms with E-state index < -0.39 is 22.7 Å². The highest BCUT2D eigenvalue weighted by Gasteiger charge is 2.49. The van der Waals surface area contributed by atoms with Crippen molar-refractivity contribution in [1.82, 2.24) is 15.0 Å². The highest BCUT2D eigenvalue weighted by atomic mass is 35.5. The minimum atomic E-state index is -2.73. The van der Waals surface area contributed by atoms with Gasteiger partial charge in [-0.2, -0.15) is 0 Å². The molecule has 30 heavy (non-hydrogen) atoms. The number of primary amides is 1. The highest BCUT2D eigenvalue weighted by Crippen LogP contribution is 2.50. The summed E-state index contributed by atoms with van der Waals surface area (Å²) < 4.78 is 27.7. The zero-order valence-electron chi connectivity index (χ0n) is 16.4. The van der Waals surface area contributed by atoms with E-state index >= 15 is 0 Å². The molecule has 0 bridgehead atoms. The van der Waals surface area contributed by atoms with Crippen molar-refractivity contribution in [3.05, 3.63) is 56.7 Å². The molecule has 9 heteroatoms. The number of pyridine rings is 3. The SMILES string of the molecule is Cc1nc([C@]2(C)CCC(F)(F)C2)c(Cl)cc1-c1cc(=O)c2c(C(N)=O)nccc2[nH]1. The Morgan fingerprint density at radius 3 is 2.67 bits per heavy atom. The molecule has 4 rings (SSSR count). The number of aromatic nitrogens is 3. The molecule has 3 heterocycles. The van der Waals surface area contributed by atoms with Crippen LogP contribution in [-0.4, -0.2) is 26.8 Å². The number of halogens is 3. The van der Waals surface area contributed by atoms with E-state index in [4.69, 9.17) is 17.3 Å². The molecule has 3 N–H and O–H groups in total. The van der Waals surface area contributed by atoms with Gasteiger partial charge in [-0.1, -0.05) is 18.5 Å². The number of hydrogen-bond donors (Lipinski definition) is 2. The summed E-state index contributed by atoms with van der Waals surface area (Å²) in [6, 6.07) is 4.52. The summed E-state index contributed by atoms with van der Waals surface area (Å²) in [5, 5.41) is 0.368. The standard InChI is InChI=1S/C21H19ClF2N4O2/c1-10-11(7-12(22)18(27-10)20(2)4-5-21(23,24)9-20)14-8-15(29)16-13(28-14)3-6-26-17(16)19(25)30/h3,6-8H,4-5,9H2,1-2H3,(H2,25,30)(H,28,29)/t20-/m1/s1. The predicted molar refractivity (Wildman–Crippen MR) is 110 cm³/mol. The molecule has 1 aliphatic carbocycles. The number of nitrogens with two attached hydrogens (primary N) is 1. The first-order chi connectivity index (χ1) is 14.0. The molecular weight excluding hydrogens is 414 g/mol. The largest absolute Gasteiger partial charge is 0.364 e. The van der Waals surface area contributed by atoms with Gasteiger partial charge in [0.2, 0.25) is 5.92 Å². The Morgan fingerprint density at radius 2 is 2.03 bits per heavy atom. The molecule has 0 saturated heterocycles. The van der Waals surface area contributed by atoms with Crippen molar-refractivity contribution in [2.24, 2.45) is 5.73 Å². The van der Waals surface area contributed by atoms with Crippen molar-refractivity contribution in [3.8, 4) is 11.3 Å². The Bertz CT molecular complexity index is 1260. The maximum atomic E-state index is 13.8. The number of amides is 1. The van der Waals surface area contributed by atoms with Crippen LogP contribution < -0.4 is 11.2 Å². The lowest BCUT2D eigenvalue weighted by Crippen LogP contribution is -2.23.